The highest BCUT2D eigenvalue weighted by molar-refractivity contribution is 5.76. The molecule has 0 amide bonds. The van der Waals surface area contributed by atoms with Crippen molar-refractivity contribution < 1.29 is 23.7 Å². The van der Waals surface area contributed by atoms with Crippen LogP contribution in [0.3, 0.4) is 0 Å². The van der Waals surface area contributed by atoms with Gasteiger partial charge in [-0.3, -0.25) is 4.79 Å². The molecule has 0 aromatic heterocycles. The zero-order valence-corrected chi connectivity index (χ0v) is 11.0. The Labute approximate surface area is 108 Å². The van der Waals surface area contributed by atoms with Gasteiger partial charge in [0.25, 0.3) is 0 Å². The number of carbonyl (C=O) groups is 1. The normalized spacial score (nSPS) is 19.1. The summed E-state index contributed by atoms with van der Waals surface area (Å²) in [5.41, 5.74) is 0. The van der Waals surface area contributed by atoms with Gasteiger partial charge in [0.1, 0.15) is 12.6 Å². The Bertz CT molecular complexity index is 219. The van der Waals surface area contributed by atoms with Crippen molar-refractivity contribution in [3.8, 4) is 0 Å². The smallest absolute Gasteiger partial charge is 0.323 e. The van der Waals surface area contributed by atoms with Gasteiger partial charge in [-0.2, -0.15) is 0 Å². The first kappa shape index (κ1) is 15.4. The van der Waals surface area contributed by atoms with Crippen molar-refractivity contribution in [2.45, 2.75) is 18.9 Å². The molecule has 106 valence electrons. The van der Waals surface area contributed by atoms with E-state index in [4.69, 9.17) is 18.9 Å². The van der Waals surface area contributed by atoms with Crippen LogP contribution < -0.4 is 5.32 Å². The van der Waals surface area contributed by atoms with Crippen LogP contribution in [0.2, 0.25) is 0 Å². The van der Waals surface area contributed by atoms with Gasteiger partial charge in [0, 0.05) is 7.11 Å². The van der Waals surface area contributed by atoms with E-state index in [-0.39, 0.29) is 12.0 Å². The van der Waals surface area contributed by atoms with Crippen molar-refractivity contribution >= 4 is 5.97 Å². The number of methoxy groups -OCH3 is 1. The third-order valence-corrected chi connectivity index (χ3v) is 2.62. The molecule has 0 aromatic carbocycles. The number of rotatable bonds is 10. The summed E-state index contributed by atoms with van der Waals surface area (Å²) in [4.78, 5) is 11.5. The number of hydrogen-bond donors (Lipinski definition) is 1. The molecule has 1 aliphatic heterocycles. The van der Waals surface area contributed by atoms with Crippen molar-refractivity contribution in [2.75, 3.05) is 53.3 Å². The highest BCUT2D eigenvalue weighted by Gasteiger charge is 2.22. The maximum absolute atomic E-state index is 11.5. The lowest BCUT2D eigenvalue weighted by molar-refractivity contribution is -0.147. The molecule has 18 heavy (non-hydrogen) atoms. The second-order valence-corrected chi connectivity index (χ2v) is 4.03. The summed E-state index contributed by atoms with van der Waals surface area (Å²) in [7, 11) is 1.63. The first-order valence-electron chi connectivity index (χ1n) is 6.39. The predicted molar refractivity (Wildman–Crippen MR) is 65.5 cm³/mol. The van der Waals surface area contributed by atoms with E-state index in [1.54, 1.807) is 7.11 Å². The van der Waals surface area contributed by atoms with Crippen LogP contribution >= 0.6 is 0 Å². The van der Waals surface area contributed by atoms with E-state index in [1.807, 2.05) is 0 Å². The van der Waals surface area contributed by atoms with E-state index in [0.29, 0.717) is 39.6 Å². The molecule has 6 heteroatoms. The Morgan fingerprint density at radius 1 is 1.11 bits per heavy atom. The molecule has 1 saturated heterocycles. The van der Waals surface area contributed by atoms with E-state index in [1.165, 1.54) is 0 Å². The van der Waals surface area contributed by atoms with Gasteiger partial charge >= 0.3 is 5.97 Å². The lowest BCUT2D eigenvalue weighted by Crippen LogP contribution is -2.33. The van der Waals surface area contributed by atoms with Crippen LogP contribution in [-0.2, 0) is 23.7 Å². The number of carbonyl (C=O) groups excluding carboxylic acids is 1. The van der Waals surface area contributed by atoms with Gasteiger partial charge in [-0.15, -0.1) is 0 Å². The fraction of sp³-hybridized carbons (Fsp3) is 0.917. The summed E-state index contributed by atoms with van der Waals surface area (Å²) >= 11 is 0. The average molecular weight is 261 g/mol. The molecule has 0 bridgehead atoms. The van der Waals surface area contributed by atoms with Crippen LogP contribution in [0.15, 0.2) is 0 Å². The predicted octanol–water partition coefficient (Wildman–Crippen LogP) is -0.0388. The molecular formula is C12H23NO5. The van der Waals surface area contributed by atoms with E-state index >= 15 is 0 Å². The summed E-state index contributed by atoms with van der Waals surface area (Å²) in [6.07, 6.45) is 1.90. The van der Waals surface area contributed by atoms with Gasteiger partial charge < -0.3 is 24.3 Å². The second-order valence-electron chi connectivity index (χ2n) is 4.03. The molecule has 1 fully saturated rings. The Morgan fingerprint density at radius 2 is 1.78 bits per heavy atom. The van der Waals surface area contributed by atoms with E-state index in [9.17, 15) is 4.79 Å². The van der Waals surface area contributed by atoms with Crippen LogP contribution in [-0.4, -0.2) is 65.3 Å². The monoisotopic (exact) mass is 261 g/mol. The van der Waals surface area contributed by atoms with Crippen molar-refractivity contribution in [1.82, 2.24) is 5.32 Å². The van der Waals surface area contributed by atoms with Crippen molar-refractivity contribution in [2.24, 2.45) is 0 Å². The minimum Gasteiger partial charge on any atom is -0.462 e. The topological polar surface area (TPSA) is 66.0 Å². The molecule has 0 aromatic rings. The van der Waals surface area contributed by atoms with Crippen LogP contribution in [0.1, 0.15) is 12.8 Å². The molecule has 1 N–H and O–H groups in total. The minimum absolute atomic E-state index is 0.123. The Kier molecular flexibility index (Phi) is 8.75. The molecule has 0 spiro atoms. The summed E-state index contributed by atoms with van der Waals surface area (Å²) in [6, 6.07) is -0.123. The van der Waals surface area contributed by atoms with E-state index in [2.05, 4.69) is 5.32 Å². The summed E-state index contributed by atoms with van der Waals surface area (Å²) < 4.78 is 20.4. The SMILES string of the molecule is COCCOCCOCCOC(=O)C1CCCN1. The summed E-state index contributed by atoms with van der Waals surface area (Å²) in [5, 5.41) is 3.09. The van der Waals surface area contributed by atoms with Gasteiger partial charge in [0.05, 0.1) is 33.0 Å². The second kappa shape index (κ2) is 10.3. The number of hydrogen-bond acceptors (Lipinski definition) is 6. The van der Waals surface area contributed by atoms with E-state index in [0.717, 1.165) is 19.4 Å². The zero-order chi connectivity index (χ0) is 13.1. The molecule has 1 atom stereocenters. The third-order valence-electron chi connectivity index (χ3n) is 2.62. The highest BCUT2D eigenvalue weighted by Crippen LogP contribution is 2.06. The maximum Gasteiger partial charge on any atom is 0.323 e. The first-order valence-corrected chi connectivity index (χ1v) is 6.39. The molecular weight excluding hydrogens is 238 g/mol. The first-order chi connectivity index (χ1) is 8.84. The van der Waals surface area contributed by atoms with E-state index < -0.39 is 0 Å². The van der Waals surface area contributed by atoms with Crippen LogP contribution in [0.5, 0.6) is 0 Å². The molecule has 0 radical (unpaired) electrons. The lowest BCUT2D eigenvalue weighted by atomic mass is 10.2. The lowest BCUT2D eigenvalue weighted by Gasteiger charge is -2.10. The Balaban J connectivity index is 1.82. The van der Waals surface area contributed by atoms with Crippen LogP contribution in [0.4, 0.5) is 0 Å². The van der Waals surface area contributed by atoms with Gasteiger partial charge in [0.15, 0.2) is 0 Å². The molecule has 6 nitrogen and oxygen atoms in total. The largest absolute Gasteiger partial charge is 0.462 e. The molecule has 1 heterocycles. The zero-order valence-electron chi connectivity index (χ0n) is 11.0. The quantitative estimate of drug-likeness (QED) is 0.440. The van der Waals surface area contributed by atoms with Crippen molar-refractivity contribution in [3.05, 3.63) is 0 Å². The molecule has 0 aliphatic carbocycles. The highest BCUT2D eigenvalue weighted by atomic mass is 16.6. The standard InChI is InChI=1S/C12H23NO5/c1-15-5-6-16-7-8-17-9-10-18-12(14)11-3-2-4-13-11/h11,13H,2-10H2,1H3. The fourth-order valence-electron chi connectivity index (χ4n) is 1.65. The van der Waals surface area contributed by atoms with Crippen molar-refractivity contribution in [3.63, 3.8) is 0 Å². The molecule has 0 saturated carbocycles. The van der Waals surface area contributed by atoms with Crippen LogP contribution in [0.25, 0.3) is 0 Å². The van der Waals surface area contributed by atoms with Gasteiger partial charge in [-0.25, -0.2) is 0 Å². The fourth-order valence-corrected chi connectivity index (χ4v) is 1.65. The Hall–Kier alpha value is -0.690. The average Bonchev–Trinajstić information content (AvgIpc) is 2.90. The van der Waals surface area contributed by atoms with Crippen molar-refractivity contribution in [1.29, 1.82) is 0 Å². The molecule has 1 rings (SSSR count). The van der Waals surface area contributed by atoms with Crippen LogP contribution in [0, 0.1) is 0 Å². The van der Waals surface area contributed by atoms with Gasteiger partial charge in [-0.1, -0.05) is 0 Å². The third kappa shape index (κ3) is 6.90. The van der Waals surface area contributed by atoms with Gasteiger partial charge in [-0.05, 0) is 19.4 Å². The van der Waals surface area contributed by atoms with Gasteiger partial charge in [0.2, 0.25) is 0 Å². The summed E-state index contributed by atoms with van der Waals surface area (Å²) in [6.45, 7) is 3.80. The Morgan fingerprint density at radius 3 is 2.39 bits per heavy atom. The molecule has 1 aliphatic rings. The maximum atomic E-state index is 11.5. The summed E-state index contributed by atoms with van der Waals surface area (Å²) in [5.74, 6) is -0.174. The number of ether oxygens (including phenoxy) is 4. The molecule has 1 unspecified atom stereocenters. The number of nitrogens with one attached hydrogen (secondary N) is 1. The minimum atomic E-state index is -0.174. The number of esters is 1.